The minimum atomic E-state index is -2.08. The third kappa shape index (κ3) is 1.67. The number of benzene rings is 1. The predicted octanol–water partition coefficient (Wildman–Crippen LogP) is 0.683. The molecule has 94 valence electrons. The van der Waals surface area contributed by atoms with Gasteiger partial charge in [-0.05, 0) is 6.07 Å². The van der Waals surface area contributed by atoms with Crippen molar-refractivity contribution >= 4 is 11.6 Å². The van der Waals surface area contributed by atoms with E-state index >= 15 is 0 Å². The molecule has 2 rings (SSSR count). The molecule has 0 radical (unpaired) electrons. The van der Waals surface area contributed by atoms with E-state index < -0.39 is 23.0 Å². The van der Waals surface area contributed by atoms with Gasteiger partial charge in [-0.2, -0.15) is 0 Å². The van der Waals surface area contributed by atoms with Crippen LogP contribution in [0.25, 0.3) is 0 Å². The average Bonchev–Trinajstić information content (AvgIpc) is 2.52. The van der Waals surface area contributed by atoms with Crippen molar-refractivity contribution in [2.75, 3.05) is 18.0 Å². The molecule has 1 N–H and O–H groups in total. The van der Waals surface area contributed by atoms with Gasteiger partial charge in [0.1, 0.15) is 0 Å². The number of amides is 1. The van der Waals surface area contributed by atoms with Crippen LogP contribution in [0, 0.1) is 10.1 Å². The largest absolute Gasteiger partial charge is 0.370 e. The predicted molar refractivity (Wildman–Crippen MR) is 64.8 cm³/mol. The number of carbonyl (C=O) groups excluding carboxylic acids is 1. The van der Waals surface area contributed by atoms with Crippen LogP contribution in [0.3, 0.4) is 0 Å². The van der Waals surface area contributed by atoms with Crippen LogP contribution in [0.4, 0.5) is 5.69 Å². The first-order valence-corrected chi connectivity index (χ1v) is 5.37. The van der Waals surface area contributed by atoms with E-state index in [9.17, 15) is 20.0 Å². The average molecular weight is 248 g/mol. The fraction of sp³-hybridized carbons (Fsp3) is 0.250. The van der Waals surface area contributed by atoms with Gasteiger partial charge in [-0.25, -0.2) is 0 Å². The maximum Gasteiger partial charge on any atom is 0.271 e. The molecule has 1 aliphatic rings. The SMILES string of the molecule is C=CCN1C(=O)[C@](O)(C[N+](=O)[O-])c2ccccc21. The smallest absolute Gasteiger partial charge is 0.271 e. The first kappa shape index (κ1) is 12.3. The number of rotatable bonds is 4. The van der Waals surface area contributed by atoms with Gasteiger partial charge in [-0.1, -0.05) is 24.3 Å². The molecule has 0 bridgehead atoms. The van der Waals surface area contributed by atoms with Crippen LogP contribution in [0.15, 0.2) is 36.9 Å². The van der Waals surface area contributed by atoms with Crippen LogP contribution in [0.2, 0.25) is 0 Å². The molecular weight excluding hydrogens is 236 g/mol. The second kappa shape index (κ2) is 4.23. The van der Waals surface area contributed by atoms with Crippen LogP contribution in [-0.4, -0.2) is 29.0 Å². The van der Waals surface area contributed by atoms with E-state index in [-0.39, 0.29) is 12.1 Å². The lowest BCUT2D eigenvalue weighted by Crippen LogP contribution is -2.45. The maximum atomic E-state index is 12.1. The molecule has 1 aromatic rings. The highest BCUT2D eigenvalue weighted by Gasteiger charge is 2.53. The summed E-state index contributed by atoms with van der Waals surface area (Å²) in [5.41, 5.74) is -1.32. The summed E-state index contributed by atoms with van der Waals surface area (Å²) in [5, 5.41) is 20.9. The van der Waals surface area contributed by atoms with Crippen molar-refractivity contribution in [3.63, 3.8) is 0 Å². The Kier molecular flexibility index (Phi) is 2.88. The maximum absolute atomic E-state index is 12.1. The van der Waals surface area contributed by atoms with E-state index in [2.05, 4.69) is 6.58 Å². The van der Waals surface area contributed by atoms with E-state index in [0.29, 0.717) is 5.69 Å². The Morgan fingerprint density at radius 1 is 1.50 bits per heavy atom. The summed E-state index contributed by atoms with van der Waals surface area (Å²) in [6, 6.07) is 6.52. The van der Waals surface area contributed by atoms with Crippen molar-refractivity contribution in [3.05, 3.63) is 52.6 Å². The van der Waals surface area contributed by atoms with Crippen LogP contribution in [0.5, 0.6) is 0 Å². The highest BCUT2D eigenvalue weighted by Crippen LogP contribution is 2.40. The van der Waals surface area contributed by atoms with Gasteiger partial charge in [0, 0.05) is 17.0 Å². The van der Waals surface area contributed by atoms with Crippen molar-refractivity contribution in [2.45, 2.75) is 5.60 Å². The van der Waals surface area contributed by atoms with Gasteiger partial charge in [0.15, 0.2) is 0 Å². The number of nitro groups is 1. The van der Waals surface area contributed by atoms with Gasteiger partial charge in [0.25, 0.3) is 5.91 Å². The van der Waals surface area contributed by atoms with Crippen LogP contribution in [-0.2, 0) is 10.4 Å². The number of fused-ring (bicyclic) bond motifs is 1. The standard InChI is InChI=1S/C12H12N2O4/c1-2-7-13-10-6-4-3-5-9(10)12(16,11(13)15)8-14(17)18/h2-6,16H,1,7-8H2/t12-/m0/s1. The minimum Gasteiger partial charge on any atom is -0.370 e. The van der Waals surface area contributed by atoms with Gasteiger partial charge in [0.05, 0.1) is 5.69 Å². The normalized spacial score (nSPS) is 21.8. The highest BCUT2D eigenvalue weighted by atomic mass is 16.6. The second-order valence-corrected chi connectivity index (χ2v) is 4.07. The molecule has 18 heavy (non-hydrogen) atoms. The van der Waals surface area contributed by atoms with E-state index in [0.717, 1.165) is 0 Å². The Balaban J connectivity index is 2.54. The molecule has 1 heterocycles. The third-order valence-electron chi connectivity index (χ3n) is 2.91. The van der Waals surface area contributed by atoms with Crippen LogP contribution in [0.1, 0.15) is 5.56 Å². The van der Waals surface area contributed by atoms with Crippen molar-refractivity contribution in [3.8, 4) is 0 Å². The highest BCUT2D eigenvalue weighted by molar-refractivity contribution is 6.07. The molecule has 1 aliphatic heterocycles. The molecule has 0 spiro atoms. The molecule has 0 unspecified atom stereocenters. The molecule has 0 fully saturated rings. The molecule has 0 saturated carbocycles. The summed E-state index contributed by atoms with van der Waals surface area (Å²) in [4.78, 5) is 23.4. The molecule has 0 saturated heterocycles. The number of aliphatic hydroxyl groups is 1. The van der Waals surface area contributed by atoms with Crippen molar-refractivity contribution in [2.24, 2.45) is 0 Å². The fourth-order valence-electron chi connectivity index (χ4n) is 2.16. The Morgan fingerprint density at radius 2 is 2.17 bits per heavy atom. The van der Waals surface area contributed by atoms with E-state index in [4.69, 9.17) is 0 Å². The lowest BCUT2D eigenvalue weighted by Gasteiger charge is -2.18. The minimum absolute atomic E-state index is 0.204. The number of hydrogen-bond donors (Lipinski definition) is 1. The topological polar surface area (TPSA) is 83.7 Å². The van der Waals surface area contributed by atoms with E-state index in [1.165, 1.54) is 17.0 Å². The number of nitrogens with zero attached hydrogens (tertiary/aromatic N) is 2. The van der Waals surface area contributed by atoms with E-state index in [1.807, 2.05) is 0 Å². The van der Waals surface area contributed by atoms with E-state index in [1.54, 1.807) is 18.2 Å². The van der Waals surface area contributed by atoms with Gasteiger partial charge in [-0.3, -0.25) is 14.9 Å². The Morgan fingerprint density at radius 3 is 2.78 bits per heavy atom. The molecular formula is C12H12N2O4. The fourth-order valence-corrected chi connectivity index (χ4v) is 2.16. The Labute approximate surface area is 103 Å². The molecule has 1 amide bonds. The third-order valence-corrected chi connectivity index (χ3v) is 2.91. The van der Waals surface area contributed by atoms with Crippen molar-refractivity contribution in [1.29, 1.82) is 0 Å². The number of hydrogen-bond acceptors (Lipinski definition) is 4. The molecule has 0 aromatic heterocycles. The molecule has 0 aliphatic carbocycles. The number of carbonyl (C=O) groups is 1. The van der Waals surface area contributed by atoms with Crippen LogP contribution >= 0.6 is 0 Å². The van der Waals surface area contributed by atoms with Gasteiger partial charge in [0.2, 0.25) is 12.1 Å². The first-order valence-electron chi connectivity index (χ1n) is 5.37. The van der Waals surface area contributed by atoms with Gasteiger partial charge in [-0.15, -0.1) is 6.58 Å². The van der Waals surface area contributed by atoms with Crippen molar-refractivity contribution < 1.29 is 14.8 Å². The molecule has 1 atom stereocenters. The lowest BCUT2D eigenvalue weighted by molar-refractivity contribution is -0.498. The number of para-hydroxylation sites is 1. The monoisotopic (exact) mass is 248 g/mol. The number of anilines is 1. The molecule has 1 aromatic carbocycles. The Bertz CT molecular complexity index is 529. The zero-order chi connectivity index (χ0) is 13.3. The quantitative estimate of drug-likeness (QED) is 0.482. The summed E-state index contributed by atoms with van der Waals surface area (Å²) in [6.45, 7) is 2.90. The second-order valence-electron chi connectivity index (χ2n) is 4.07. The van der Waals surface area contributed by atoms with Crippen molar-refractivity contribution in [1.82, 2.24) is 0 Å². The first-order chi connectivity index (χ1) is 8.50. The molecule has 6 heteroatoms. The van der Waals surface area contributed by atoms with Crippen LogP contribution < -0.4 is 4.90 Å². The summed E-state index contributed by atoms with van der Waals surface area (Å²) in [7, 11) is 0. The summed E-state index contributed by atoms with van der Waals surface area (Å²) >= 11 is 0. The summed E-state index contributed by atoms with van der Waals surface area (Å²) in [5.74, 6) is -0.680. The Hall–Kier alpha value is -2.21. The zero-order valence-corrected chi connectivity index (χ0v) is 9.57. The summed E-state index contributed by atoms with van der Waals surface area (Å²) in [6.07, 6.45) is 1.51. The lowest BCUT2D eigenvalue weighted by atomic mass is 9.96. The van der Waals surface area contributed by atoms with Gasteiger partial charge < -0.3 is 10.0 Å². The zero-order valence-electron chi connectivity index (χ0n) is 9.57. The summed E-state index contributed by atoms with van der Waals surface area (Å²) < 4.78 is 0. The van der Waals surface area contributed by atoms with Gasteiger partial charge >= 0.3 is 0 Å². The molecule has 6 nitrogen and oxygen atoms in total.